The zero-order valence-corrected chi connectivity index (χ0v) is 6.65. The zero-order chi connectivity index (χ0) is 9.56. The molecule has 0 aliphatic rings. The minimum Gasteiger partial charge on any atom is -0.481 e. The maximum absolute atomic E-state index is 10.0. The Morgan fingerprint density at radius 1 is 1.42 bits per heavy atom. The maximum atomic E-state index is 10.0. The van der Waals surface area contributed by atoms with Crippen LogP contribution in [0.4, 0.5) is 0 Å². The van der Waals surface area contributed by atoms with E-state index >= 15 is 0 Å². The molecule has 0 spiro atoms. The van der Waals surface area contributed by atoms with E-state index in [-0.39, 0.29) is 18.5 Å². The molecule has 0 aliphatic heterocycles. The summed E-state index contributed by atoms with van der Waals surface area (Å²) in [5.74, 6) is -0.873. The van der Waals surface area contributed by atoms with Gasteiger partial charge < -0.3 is 5.11 Å². The second-order valence-corrected chi connectivity index (χ2v) is 2.42. The number of aliphatic carboxylic acids is 1. The number of hydrogen-bond acceptors (Lipinski definition) is 3. The molecule has 5 nitrogen and oxygen atoms in total. The summed E-state index contributed by atoms with van der Waals surface area (Å²) in [5.41, 5.74) is -0.0552. The zero-order valence-electron chi connectivity index (χ0n) is 6.65. The molecule has 0 aromatic heterocycles. The first-order valence-electron chi connectivity index (χ1n) is 3.58. The highest BCUT2D eigenvalue weighted by atomic mass is 16.6. The first-order valence-corrected chi connectivity index (χ1v) is 3.58. The molecule has 0 aliphatic carbocycles. The van der Waals surface area contributed by atoms with Crippen molar-refractivity contribution in [3.05, 3.63) is 22.4 Å². The van der Waals surface area contributed by atoms with Crippen molar-refractivity contribution in [1.82, 2.24) is 0 Å². The number of rotatable bonds is 6. The van der Waals surface area contributed by atoms with Gasteiger partial charge in [-0.1, -0.05) is 0 Å². The lowest BCUT2D eigenvalue weighted by molar-refractivity contribution is -0.427. The molecule has 0 aromatic rings. The Balaban J connectivity index is 3.38. The average Bonchev–Trinajstić information content (AvgIpc) is 1.97. The fourth-order valence-electron chi connectivity index (χ4n) is 0.697. The van der Waals surface area contributed by atoms with Gasteiger partial charge in [-0.2, -0.15) is 0 Å². The van der Waals surface area contributed by atoms with E-state index in [1.165, 1.54) is 0 Å². The maximum Gasteiger partial charge on any atom is 0.303 e. The largest absolute Gasteiger partial charge is 0.481 e. The van der Waals surface area contributed by atoms with E-state index in [1.54, 1.807) is 0 Å². The third-order valence-corrected chi connectivity index (χ3v) is 1.36. The minimum absolute atomic E-state index is 0.0552. The van der Waals surface area contributed by atoms with Crippen molar-refractivity contribution in [2.75, 3.05) is 0 Å². The topological polar surface area (TPSA) is 80.4 Å². The highest BCUT2D eigenvalue weighted by Gasteiger charge is 2.05. The van der Waals surface area contributed by atoms with Crippen LogP contribution in [0.15, 0.2) is 12.3 Å². The highest BCUT2D eigenvalue weighted by molar-refractivity contribution is 5.66. The molecule has 0 unspecified atom stereocenters. The van der Waals surface area contributed by atoms with Crippen molar-refractivity contribution in [3.8, 4) is 0 Å². The fourth-order valence-corrected chi connectivity index (χ4v) is 0.697. The molecule has 0 saturated carbocycles. The first-order chi connectivity index (χ1) is 5.54. The van der Waals surface area contributed by atoms with Crippen molar-refractivity contribution in [1.29, 1.82) is 0 Å². The third-order valence-electron chi connectivity index (χ3n) is 1.36. The van der Waals surface area contributed by atoms with Gasteiger partial charge in [0.05, 0.1) is 4.92 Å². The van der Waals surface area contributed by atoms with Gasteiger partial charge in [-0.3, -0.25) is 14.9 Å². The molecule has 0 aromatic carbocycles. The summed E-state index contributed by atoms with van der Waals surface area (Å²) in [5, 5.41) is 18.2. The quantitative estimate of drug-likeness (QED) is 0.374. The van der Waals surface area contributed by atoms with Crippen LogP contribution >= 0.6 is 0 Å². The molecule has 0 fully saturated rings. The Morgan fingerprint density at radius 3 is 2.33 bits per heavy atom. The van der Waals surface area contributed by atoms with E-state index in [0.29, 0.717) is 12.8 Å². The lowest BCUT2D eigenvalue weighted by Crippen LogP contribution is -1.98. The molecule has 0 bridgehead atoms. The SMILES string of the molecule is C=C(CCCCC(=O)O)[N+](=O)[O-]. The molecule has 5 heteroatoms. The first kappa shape index (κ1) is 10.6. The number of carboxylic acid groups (broad SMARTS) is 1. The monoisotopic (exact) mass is 173 g/mol. The number of unbranched alkanes of at least 4 members (excludes halogenated alkanes) is 1. The Labute approximate surface area is 69.8 Å². The van der Waals surface area contributed by atoms with Crippen molar-refractivity contribution in [2.24, 2.45) is 0 Å². The van der Waals surface area contributed by atoms with Crippen molar-refractivity contribution in [2.45, 2.75) is 25.7 Å². The van der Waals surface area contributed by atoms with Gasteiger partial charge in [-0.15, -0.1) is 0 Å². The van der Waals surface area contributed by atoms with E-state index in [9.17, 15) is 14.9 Å². The van der Waals surface area contributed by atoms with E-state index < -0.39 is 10.9 Å². The molecular weight excluding hydrogens is 162 g/mol. The Morgan fingerprint density at radius 2 is 1.92 bits per heavy atom. The van der Waals surface area contributed by atoms with Crippen molar-refractivity contribution < 1.29 is 14.8 Å². The molecule has 0 saturated heterocycles. The van der Waals surface area contributed by atoms with Crippen LogP contribution < -0.4 is 0 Å². The van der Waals surface area contributed by atoms with Gasteiger partial charge in [0.2, 0.25) is 5.70 Å². The van der Waals surface area contributed by atoms with Gasteiger partial charge >= 0.3 is 5.97 Å². The molecule has 0 atom stereocenters. The standard InChI is InChI=1S/C7H11NO4/c1-6(8(11)12)4-2-3-5-7(9)10/h1-5H2,(H,9,10). The fraction of sp³-hybridized carbons (Fsp3) is 0.571. The number of carbonyl (C=O) groups is 1. The van der Waals surface area contributed by atoms with Crippen LogP contribution in [0.1, 0.15) is 25.7 Å². The van der Waals surface area contributed by atoms with E-state index in [0.717, 1.165) is 0 Å². The lowest BCUT2D eigenvalue weighted by Gasteiger charge is -1.95. The number of allylic oxidation sites excluding steroid dienone is 1. The van der Waals surface area contributed by atoms with Crippen LogP contribution in [-0.4, -0.2) is 16.0 Å². The van der Waals surface area contributed by atoms with Gasteiger partial charge in [-0.05, 0) is 19.4 Å². The lowest BCUT2D eigenvalue weighted by atomic mass is 10.2. The summed E-state index contributed by atoms with van der Waals surface area (Å²) < 4.78 is 0. The Kier molecular flexibility index (Phi) is 4.67. The molecule has 1 N–H and O–H groups in total. The third kappa shape index (κ3) is 5.40. The molecule has 0 radical (unpaired) electrons. The van der Waals surface area contributed by atoms with Crippen molar-refractivity contribution in [3.63, 3.8) is 0 Å². The number of nitro groups is 1. The smallest absolute Gasteiger partial charge is 0.303 e. The predicted octanol–water partition coefficient (Wildman–Crippen LogP) is 1.42. The summed E-state index contributed by atoms with van der Waals surface area (Å²) in [6.07, 6.45) is 1.29. The summed E-state index contributed by atoms with van der Waals surface area (Å²) in [6.45, 7) is 3.22. The van der Waals surface area contributed by atoms with Crippen LogP contribution in [0.25, 0.3) is 0 Å². The summed E-state index contributed by atoms with van der Waals surface area (Å²) >= 11 is 0. The van der Waals surface area contributed by atoms with E-state index in [4.69, 9.17) is 5.11 Å². The second kappa shape index (κ2) is 5.29. The van der Waals surface area contributed by atoms with Gasteiger partial charge in [-0.25, -0.2) is 0 Å². The molecule has 0 rings (SSSR count). The normalized spacial score (nSPS) is 9.33. The summed E-state index contributed by atoms with van der Waals surface area (Å²) in [6, 6.07) is 0. The van der Waals surface area contributed by atoms with Gasteiger partial charge in [0.15, 0.2) is 0 Å². The van der Waals surface area contributed by atoms with E-state index in [1.807, 2.05) is 0 Å². The van der Waals surface area contributed by atoms with Gasteiger partial charge in [0, 0.05) is 12.8 Å². The van der Waals surface area contributed by atoms with Crippen LogP contribution in [0.3, 0.4) is 0 Å². The van der Waals surface area contributed by atoms with Crippen LogP contribution in [-0.2, 0) is 4.79 Å². The Hall–Kier alpha value is -1.39. The minimum atomic E-state index is -0.873. The number of carboxylic acids is 1. The highest BCUT2D eigenvalue weighted by Crippen LogP contribution is 2.06. The number of nitrogens with zero attached hydrogens (tertiary/aromatic N) is 1. The van der Waals surface area contributed by atoms with Crippen LogP contribution in [0, 0.1) is 10.1 Å². The molecule has 68 valence electrons. The Bertz CT molecular complexity index is 200. The molecular formula is C7H11NO4. The van der Waals surface area contributed by atoms with Crippen LogP contribution in [0.2, 0.25) is 0 Å². The molecule has 0 heterocycles. The second-order valence-electron chi connectivity index (χ2n) is 2.42. The molecule has 12 heavy (non-hydrogen) atoms. The summed E-state index contributed by atoms with van der Waals surface area (Å²) in [4.78, 5) is 19.5. The summed E-state index contributed by atoms with van der Waals surface area (Å²) in [7, 11) is 0. The van der Waals surface area contributed by atoms with E-state index in [2.05, 4.69) is 6.58 Å². The van der Waals surface area contributed by atoms with Gasteiger partial charge in [0.1, 0.15) is 0 Å². The van der Waals surface area contributed by atoms with Crippen LogP contribution in [0.5, 0.6) is 0 Å². The number of hydrogen-bond donors (Lipinski definition) is 1. The van der Waals surface area contributed by atoms with Crippen molar-refractivity contribution >= 4 is 5.97 Å². The average molecular weight is 173 g/mol. The predicted molar refractivity (Wildman–Crippen MR) is 42.2 cm³/mol. The van der Waals surface area contributed by atoms with Gasteiger partial charge in [0.25, 0.3) is 0 Å². The molecule has 0 amide bonds.